The molecule has 2 heterocycles. The summed E-state index contributed by atoms with van der Waals surface area (Å²) in [6.45, 7) is 0. The van der Waals surface area contributed by atoms with Crippen LogP contribution in [0.25, 0.3) is 10.8 Å². The average Bonchev–Trinajstić information content (AvgIpc) is 3.27. The van der Waals surface area contributed by atoms with Crippen LogP contribution in [-0.2, 0) is 9.59 Å². The summed E-state index contributed by atoms with van der Waals surface area (Å²) >= 11 is 2.71. The second-order valence-electron chi connectivity index (χ2n) is 6.54. The number of anilines is 1. The highest BCUT2D eigenvalue weighted by Gasteiger charge is 2.30. The van der Waals surface area contributed by atoms with Crippen LogP contribution >= 0.6 is 23.1 Å². The highest BCUT2D eigenvalue weighted by atomic mass is 32.2. The number of nitrogens with zero attached hydrogens (tertiary/aromatic N) is 1. The van der Waals surface area contributed by atoms with E-state index in [2.05, 4.69) is 16.7 Å². The van der Waals surface area contributed by atoms with Gasteiger partial charge >= 0.3 is 0 Å². The van der Waals surface area contributed by atoms with Crippen LogP contribution in [0.2, 0.25) is 0 Å². The van der Waals surface area contributed by atoms with Gasteiger partial charge in [0, 0.05) is 28.3 Å². The fourth-order valence-corrected chi connectivity index (χ4v) is 5.04. The van der Waals surface area contributed by atoms with Crippen LogP contribution in [0, 0.1) is 11.3 Å². The zero-order valence-corrected chi connectivity index (χ0v) is 17.0. The molecule has 0 aliphatic carbocycles. The molecule has 0 saturated heterocycles. The normalized spacial score (nSPS) is 16.4. The molecule has 7 heteroatoms. The minimum Gasteiger partial charge on any atom is -0.325 e. The molecule has 29 heavy (non-hydrogen) atoms. The minimum atomic E-state index is -0.252. The van der Waals surface area contributed by atoms with Gasteiger partial charge in [0.15, 0.2) is 0 Å². The van der Waals surface area contributed by atoms with Gasteiger partial charge in [-0.25, -0.2) is 0 Å². The standard InChI is InChI=1S/C22H17N3O2S2/c23-12-17-16(19-9-4-10-28-19)11-20(26)25-22(17)29-13-21(27)24-18-8-3-6-14-5-1-2-7-15(14)18/h1-10,16H,11,13H2,(H,24,27)(H,25,26)/t16-/m1/s1. The van der Waals surface area contributed by atoms with E-state index in [1.807, 2.05) is 60.0 Å². The van der Waals surface area contributed by atoms with Gasteiger partial charge in [0.1, 0.15) is 0 Å². The highest BCUT2D eigenvalue weighted by molar-refractivity contribution is 8.03. The number of allylic oxidation sites excluding steroid dienone is 1. The summed E-state index contributed by atoms with van der Waals surface area (Å²) in [7, 11) is 0. The number of fused-ring (bicyclic) bond motifs is 1. The summed E-state index contributed by atoms with van der Waals surface area (Å²) in [4.78, 5) is 25.7. The molecular formula is C22H17N3O2S2. The maximum absolute atomic E-state index is 12.5. The van der Waals surface area contributed by atoms with E-state index in [0.29, 0.717) is 10.6 Å². The number of carbonyl (C=O) groups is 2. The molecule has 0 bridgehead atoms. The van der Waals surface area contributed by atoms with Crippen molar-refractivity contribution in [3.05, 3.63) is 75.5 Å². The molecule has 3 aromatic rings. The Kier molecular flexibility index (Phi) is 5.65. The molecule has 0 saturated carbocycles. The van der Waals surface area contributed by atoms with Crippen LogP contribution in [-0.4, -0.2) is 17.6 Å². The third-order valence-electron chi connectivity index (χ3n) is 4.65. The Morgan fingerprint density at radius 1 is 1.21 bits per heavy atom. The zero-order chi connectivity index (χ0) is 20.2. The van der Waals surface area contributed by atoms with E-state index in [9.17, 15) is 14.9 Å². The maximum Gasteiger partial charge on any atom is 0.234 e. The molecule has 5 nitrogen and oxygen atoms in total. The van der Waals surface area contributed by atoms with Crippen molar-refractivity contribution < 1.29 is 9.59 Å². The topological polar surface area (TPSA) is 82.0 Å². The van der Waals surface area contributed by atoms with Crippen LogP contribution < -0.4 is 10.6 Å². The second-order valence-corrected chi connectivity index (χ2v) is 8.50. The molecule has 0 unspecified atom stereocenters. The smallest absolute Gasteiger partial charge is 0.234 e. The molecule has 0 fully saturated rings. The van der Waals surface area contributed by atoms with Crippen molar-refractivity contribution in [2.75, 3.05) is 11.1 Å². The monoisotopic (exact) mass is 419 g/mol. The first-order chi connectivity index (χ1) is 14.2. The minimum absolute atomic E-state index is 0.0984. The molecule has 2 N–H and O–H groups in total. The molecule has 2 amide bonds. The zero-order valence-electron chi connectivity index (χ0n) is 15.3. The quantitative estimate of drug-likeness (QED) is 0.633. The third kappa shape index (κ3) is 4.19. The largest absolute Gasteiger partial charge is 0.325 e. The Bertz CT molecular complexity index is 1140. The van der Waals surface area contributed by atoms with Crippen molar-refractivity contribution in [3.8, 4) is 6.07 Å². The molecule has 1 aliphatic heterocycles. The molecule has 144 valence electrons. The van der Waals surface area contributed by atoms with Gasteiger partial charge < -0.3 is 10.6 Å². The van der Waals surface area contributed by atoms with E-state index in [4.69, 9.17) is 0 Å². The van der Waals surface area contributed by atoms with Gasteiger partial charge in [0.25, 0.3) is 0 Å². The summed E-state index contributed by atoms with van der Waals surface area (Å²) in [6.07, 6.45) is 0.246. The van der Waals surface area contributed by atoms with Crippen molar-refractivity contribution >= 4 is 51.4 Å². The molecule has 1 atom stereocenters. The lowest BCUT2D eigenvalue weighted by atomic mass is 9.93. The Hall–Kier alpha value is -3.08. The van der Waals surface area contributed by atoms with Gasteiger partial charge in [-0.15, -0.1) is 11.3 Å². The first-order valence-corrected chi connectivity index (χ1v) is 10.9. The summed E-state index contributed by atoms with van der Waals surface area (Å²) < 4.78 is 0. The fourth-order valence-electron chi connectivity index (χ4n) is 3.32. The average molecular weight is 420 g/mol. The van der Waals surface area contributed by atoms with Crippen LogP contribution in [0.3, 0.4) is 0 Å². The number of thioether (sulfide) groups is 1. The Labute approximate surface area is 176 Å². The van der Waals surface area contributed by atoms with E-state index < -0.39 is 0 Å². The summed E-state index contributed by atoms with van der Waals surface area (Å²) in [6, 6.07) is 19.7. The van der Waals surface area contributed by atoms with E-state index in [1.54, 1.807) is 0 Å². The predicted octanol–water partition coefficient (Wildman–Crippen LogP) is 4.61. The number of benzene rings is 2. The number of nitriles is 1. The number of carbonyl (C=O) groups excluding carboxylic acids is 2. The Morgan fingerprint density at radius 3 is 2.83 bits per heavy atom. The second kappa shape index (κ2) is 8.52. The number of nitrogens with one attached hydrogen (secondary N) is 2. The van der Waals surface area contributed by atoms with E-state index in [0.717, 1.165) is 21.3 Å². The number of thiophene rings is 1. The summed E-state index contributed by atoms with van der Waals surface area (Å²) in [5.41, 5.74) is 1.25. The number of amides is 2. The number of hydrogen-bond donors (Lipinski definition) is 2. The lowest BCUT2D eigenvalue weighted by Crippen LogP contribution is -2.31. The van der Waals surface area contributed by atoms with Gasteiger partial charge in [-0.2, -0.15) is 5.26 Å². The SMILES string of the molecule is N#CC1=C(SCC(=O)Nc2cccc3ccccc23)NC(=O)C[C@H]1c1cccs1. The van der Waals surface area contributed by atoms with Crippen LogP contribution in [0.1, 0.15) is 17.2 Å². The number of rotatable bonds is 5. The molecule has 4 rings (SSSR count). The molecule has 0 spiro atoms. The van der Waals surface area contributed by atoms with Gasteiger partial charge in [-0.05, 0) is 22.9 Å². The fraction of sp³-hybridized carbons (Fsp3) is 0.136. The summed E-state index contributed by atoms with van der Waals surface area (Å²) in [5, 5.41) is 19.8. The third-order valence-corrected chi connectivity index (χ3v) is 6.66. The summed E-state index contributed by atoms with van der Waals surface area (Å²) in [5.74, 6) is -0.485. The molecular weight excluding hydrogens is 402 g/mol. The van der Waals surface area contributed by atoms with Crippen molar-refractivity contribution in [1.82, 2.24) is 5.32 Å². The van der Waals surface area contributed by atoms with Crippen LogP contribution in [0.4, 0.5) is 5.69 Å². The Balaban J connectivity index is 1.50. The predicted molar refractivity (Wildman–Crippen MR) is 117 cm³/mol. The van der Waals surface area contributed by atoms with Gasteiger partial charge in [-0.1, -0.05) is 54.2 Å². The van der Waals surface area contributed by atoms with Crippen molar-refractivity contribution in [2.24, 2.45) is 0 Å². The van der Waals surface area contributed by atoms with Gasteiger partial charge in [-0.3, -0.25) is 9.59 Å². The molecule has 0 radical (unpaired) electrons. The first-order valence-electron chi connectivity index (χ1n) is 9.03. The van der Waals surface area contributed by atoms with Crippen molar-refractivity contribution in [1.29, 1.82) is 5.26 Å². The number of hydrogen-bond acceptors (Lipinski definition) is 5. The van der Waals surface area contributed by atoms with Gasteiger partial charge in [0.2, 0.25) is 11.8 Å². The molecule has 2 aromatic carbocycles. The highest BCUT2D eigenvalue weighted by Crippen LogP contribution is 2.37. The van der Waals surface area contributed by atoms with Crippen molar-refractivity contribution in [3.63, 3.8) is 0 Å². The van der Waals surface area contributed by atoms with Crippen molar-refractivity contribution in [2.45, 2.75) is 12.3 Å². The molecule has 1 aromatic heterocycles. The van der Waals surface area contributed by atoms with Crippen LogP contribution in [0.5, 0.6) is 0 Å². The van der Waals surface area contributed by atoms with Crippen LogP contribution in [0.15, 0.2) is 70.6 Å². The lowest BCUT2D eigenvalue weighted by Gasteiger charge is -2.23. The lowest BCUT2D eigenvalue weighted by molar-refractivity contribution is -0.121. The first kappa shape index (κ1) is 19.2. The van der Waals surface area contributed by atoms with E-state index >= 15 is 0 Å². The van der Waals surface area contributed by atoms with E-state index in [1.165, 1.54) is 23.1 Å². The molecule has 1 aliphatic rings. The van der Waals surface area contributed by atoms with E-state index in [-0.39, 0.29) is 29.9 Å². The maximum atomic E-state index is 12.5. The Morgan fingerprint density at radius 2 is 2.03 bits per heavy atom. The van der Waals surface area contributed by atoms with Gasteiger partial charge in [0.05, 0.1) is 22.4 Å².